The lowest BCUT2D eigenvalue weighted by atomic mass is 10.5. The number of aliphatic hydroxyl groups excluding tert-OH is 1. The summed E-state index contributed by atoms with van der Waals surface area (Å²) in [7, 11) is 0. The van der Waals surface area contributed by atoms with Crippen LogP contribution in [-0.2, 0) is 0 Å². The van der Waals surface area contributed by atoms with Crippen LogP contribution in [0.1, 0.15) is 20.3 Å². The average Bonchev–Trinajstić information content (AvgIpc) is 2.16. The minimum atomic E-state index is -0.00578. The van der Waals surface area contributed by atoms with Crippen LogP contribution in [0.2, 0.25) is 5.28 Å². The third kappa shape index (κ3) is 4.96. The summed E-state index contributed by atoms with van der Waals surface area (Å²) in [6.45, 7) is 3.92. The number of aromatic nitrogens is 3. The molecule has 1 N–H and O–H groups in total. The average molecular weight is 264 g/mol. The molecule has 0 fully saturated rings. The van der Waals surface area contributed by atoms with Crippen molar-refractivity contribution in [2.24, 2.45) is 0 Å². The monoisotopic (exact) mass is 263 g/mol. The first-order valence-corrected chi connectivity index (χ1v) is 6.30. The molecule has 16 heavy (non-hydrogen) atoms. The highest BCUT2D eigenvalue weighted by molar-refractivity contribution is 7.99. The predicted octanol–water partition coefficient (Wildman–Crippen LogP) is 1.79. The molecule has 1 heterocycles. The lowest BCUT2D eigenvalue weighted by molar-refractivity contribution is 0.219. The van der Waals surface area contributed by atoms with Crippen molar-refractivity contribution in [1.82, 2.24) is 15.0 Å². The smallest absolute Gasteiger partial charge is 0.321 e. The van der Waals surface area contributed by atoms with E-state index in [9.17, 15) is 0 Å². The van der Waals surface area contributed by atoms with Crippen LogP contribution in [0.15, 0.2) is 5.16 Å². The van der Waals surface area contributed by atoms with Crippen LogP contribution < -0.4 is 4.74 Å². The standard InChI is InChI=1S/C9H14ClN3O2S/c1-6(2)15-8-11-7(10)12-9(13-8)16-5-3-4-14/h6,14H,3-5H2,1-2H3. The number of thioether (sulfide) groups is 1. The van der Waals surface area contributed by atoms with E-state index in [1.165, 1.54) is 11.8 Å². The molecule has 0 aliphatic carbocycles. The van der Waals surface area contributed by atoms with E-state index >= 15 is 0 Å². The van der Waals surface area contributed by atoms with Gasteiger partial charge in [-0.05, 0) is 31.9 Å². The second-order valence-corrected chi connectivity index (χ2v) is 4.66. The van der Waals surface area contributed by atoms with Crippen molar-refractivity contribution in [2.45, 2.75) is 31.5 Å². The Morgan fingerprint density at radius 2 is 2.12 bits per heavy atom. The Kier molecular flexibility index (Phi) is 5.79. The number of hydrogen-bond donors (Lipinski definition) is 1. The van der Waals surface area contributed by atoms with Gasteiger partial charge in [-0.25, -0.2) is 0 Å². The number of hydrogen-bond acceptors (Lipinski definition) is 6. The van der Waals surface area contributed by atoms with Gasteiger partial charge in [-0.3, -0.25) is 0 Å². The van der Waals surface area contributed by atoms with E-state index in [4.69, 9.17) is 21.4 Å². The summed E-state index contributed by atoms with van der Waals surface area (Å²) >= 11 is 7.16. The van der Waals surface area contributed by atoms with Gasteiger partial charge in [0.25, 0.3) is 0 Å². The molecule has 0 amide bonds. The van der Waals surface area contributed by atoms with E-state index < -0.39 is 0 Å². The van der Waals surface area contributed by atoms with Gasteiger partial charge in [0.1, 0.15) is 0 Å². The third-order valence-corrected chi connectivity index (χ3v) is 2.54. The highest BCUT2D eigenvalue weighted by Gasteiger charge is 2.07. The summed E-state index contributed by atoms with van der Waals surface area (Å²) in [6.07, 6.45) is 0.683. The van der Waals surface area contributed by atoms with Gasteiger partial charge in [-0.2, -0.15) is 15.0 Å². The van der Waals surface area contributed by atoms with E-state index in [-0.39, 0.29) is 24.0 Å². The Hall–Kier alpha value is -0.590. The predicted molar refractivity (Wildman–Crippen MR) is 63.0 cm³/mol. The fourth-order valence-electron chi connectivity index (χ4n) is 0.871. The summed E-state index contributed by atoms with van der Waals surface area (Å²) < 4.78 is 5.33. The maximum absolute atomic E-state index is 8.66. The molecule has 1 rings (SSSR count). The lowest BCUT2D eigenvalue weighted by Crippen LogP contribution is -2.09. The molecule has 7 heteroatoms. The molecule has 0 saturated heterocycles. The molecule has 0 aliphatic rings. The van der Waals surface area contributed by atoms with Crippen LogP contribution in [-0.4, -0.2) is 38.5 Å². The van der Waals surface area contributed by atoms with E-state index in [0.29, 0.717) is 11.6 Å². The van der Waals surface area contributed by atoms with Crippen molar-refractivity contribution in [3.8, 4) is 6.01 Å². The van der Waals surface area contributed by atoms with Crippen LogP contribution in [0.4, 0.5) is 0 Å². The van der Waals surface area contributed by atoms with Crippen LogP contribution in [0.25, 0.3) is 0 Å². The molecule has 0 spiro atoms. The topological polar surface area (TPSA) is 68.1 Å². The number of halogens is 1. The van der Waals surface area contributed by atoms with Crippen LogP contribution in [0, 0.1) is 0 Å². The summed E-state index contributed by atoms with van der Waals surface area (Å²) in [6, 6.07) is 0.237. The van der Waals surface area contributed by atoms with Gasteiger partial charge in [-0.1, -0.05) is 11.8 Å². The second-order valence-electron chi connectivity index (χ2n) is 3.26. The molecule has 0 aromatic carbocycles. The van der Waals surface area contributed by atoms with Crippen molar-refractivity contribution < 1.29 is 9.84 Å². The molecule has 0 radical (unpaired) electrons. The molecular weight excluding hydrogens is 250 g/mol. The van der Waals surface area contributed by atoms with E-state index in [0.717, 1.165) is 5.75 Å². The first-order valence-electron chi connectivity index (χ1n) is 4.93. The summed E-state index contributed by atoms with van der Waals surface area (Å²) in [5.74, 6) is 0.734. The minimum absolute atomic E-state index is 0.00578. The Balaban J connectivity index is 2.65. The fourth-order valence-corrected chi connectivity index (χ4v) is 1.82. The van der Waals surface area contributed by atoms with Gasteiger partial charge in [-0.15, -0.1) is 0 Å². The summed E-state index contributed by atoms with van der Waals surface area (Å²) in [4.78, 5) is 11.9. The van der Waals surface area contributed by atoms with E-state index in [1.807, 2.05) is 13.8 Å². The molecule has 5 nitrogen and oxygen atoms in total. The summed E-state index contributed by atoms with van der Waals surface area (Å²) in [5, 5.41) is 9.30. The van der Waals surface area contributed by atoms with Gasteiger partial charge in [0.2, 0.25) is 5.28 Å². The van der Waals surface area contributed by atoms with Crippen molar-refractivity contribution in [3.05, 3.63) is 5.28 Å². The largest absolute Gasteiger partial charge is 0.461 e. The molecular formula is C9H14ClN3O2S. The van der Waals surface area contributed by atoms with Crippen molar-refractivity contribution in [1.29, 1.82) is 0 Å². The molecule has 1 aromatic heterocycles. The van der Waals surface area contributed by atoms with Gasteiger partial charge < -0.3 is 9.84 Å². The zero-order valence-electron chi connectivity index (χ0n) is 9.18. The van der Waals surface area contributed by atoms with Crippen molar-refractivity contribution in [2.75, 3.05) is 12.4 Å². The lowest BCUT2D eigenvalue weighted by Gasteiger charge is -2.08. The Labute approximate surface area is 104 Å². The maximum Gasteiger partial charge on any atom is 0.321 e. The first-order chi connectivity index (χ1) is 7.61. The van der Waals surface area contributed by atoms with Gasteiger partial charge >= 0.3 is 6.01 Å². The Morgan fingerprint density at radius 3 is 2.75 bits per heavy atom. The number of aliphatic hydroxyl groups is 1. The molecule has 0 bridgehead atoms. The molecule has 90 valence electrons. The number of ether oxygens (including phenoxy) is 1. The highest BCUT2D eigenvalue weighted by Crippen LogP contribution is 2.18. The van der Waals surface area contributed by atoms with Crippen LogP contribution in [0.3, 0.4) is 0 Å². The normalized spacial score (nSPS) is 10.8. The van der Waals surface area contributed by atoms with Crippen molar-refractivity contribution >= 4 is 23.4 Å². The SMILES string of the molecule is CC(C)Oc1nc(Cl)nc(SCCCO)n1. The zero-order valence-corrected chi connectivity index (χ0v) is 10.8. The quantitative estimate of drug-likeness (QED) is 0.623. The molecule has 0 atom stereocenters. The second kappa shape index (κ2) is 6.88. The van der Waals surface area contributed by atoms with Crippen molar-refractivity contribution in [3.63, 3.8) is 0 Å². The van der Waals surface area contributed by atoms with Crippen LogP contribution >= 0.6 is 23.4 Å². The van der Waals surface area contributed by atoms with E-state index in [2.05, 4.69) is 15.0 Å². The molecule has 0 saturated carbocycles. The highest BCUT2D eigenvalue weighted by atomic mass is 35.5. The van der Waals surface area contributed by atoms with Gasteiger partial charge in [0.05, 0.1) is 6.10 Å². The van der Waals surface area contributed by atoms with Gasteiger partial charge in [0.15, 0.2) is 5.16 Å². The summed E-state index contributed by atoms with van der Waals surface area (Å²) in [5.41, 5.74) is 0. The molecule has 1 aromatic rings. The van der Waals surface area contributed by atoms with E-state index in [1.54, 1.807) is 0 Å². The van der Waals surface area contributed by atoms with Crippen LogP contribution in [0.5, 0.6) is 6.01 Å². The maximum atomic E-state index is 8.66. The third-order valence-electron chi connectivity index (χ3n) is 1.44. The minimum Gasteiger partial charge on any atom is -0.461 e. The fraction of sp³-hybridized carbons (Fsp3) is 0.667. The zero-order chi connectivity index (χ0) is 12.0. The Bertz CT molecular complexity index is 339. The molecule has 0 unspecified atom stereocenters. The first kappa shape index (κ1) is 13.5. The number of nitrogens with zero attached hydrogens (tertiary/aromatic N) is 3. The number of rotatable bonds is 6. The Morgan fingerprint density at radius 1 is 1.38 bits per heavy atom. The van der Waals surface area contributed by atoms with Gasteiger partial charge in [0, 0.05) is 12.4 Å². The molecule has 0 aliphatic heterocycles.